The molecule has 2 N–H and O–H groups in total. The van der Waals surface area contributed by atoms with Crippen LogP contribution in [-0.4, -0.2) is 27.4 Å². The number of anilines is 2. The first-order valence-electron chi connectivity index (χ1n) is 8.56. The maximum atomic E-state index is 13.1. The third-order valence-electron chi connectivity index (χ3n) is 4.23. The second kappa shape index (κ2) is 8.47. The fraction of sp³-hybridized carbons (Fsp3) is 0.471. The van der Waals surface area contributed by atoms with Crippen molar-refractivity contribution in [3.63, 3.8) is 0 Å². The normalized spacial score (nSPS) is 16.3. The van der Waals surface area contributed by atoms with Crippen molar-refractivity contribution in [1.82, 2.24) is 15.5 Å². The van der Waals surface area contributed by atoms with Crippen LogP contribution in [0.2, 0.25) is 0 Å². The Morgan fingerprint density at radius 1 is 1.26 bits per heavy atom. The molecule has 0 aliphatic heterocycles. The van der Waals surface area contributed by atoms with E-state index < -0.39 is 11.7 Å². The predicted molar refractivity (Wildman–Crippen MR) is 100 cm³/mol. The lowest BCUT2D eigenvalue weighted by molar-refractivity contribution is -0.137. The third-order valence-corrected chi connectivity index (χ3v) is 6.25. The molecule has 10 heteroatoms. The van der Waals surface area contributed by atoms with E-state index in [2.05, 4.69) is 20.8 Å². The van der Waals surface area contributed by atoms with Crippen molar-refractivity contribution in [3.05, 3.63) is 29.8 Å². The third kappa shape index (κ3) is 5.35. The number of carbonyl (C=O) groups is 1. The van der Waals surface area contributed by atoms with Crippen molar-refractivity contribution < 1.29 is 18.0 Å². The zero-order valence-electron chi connectivity index (χ0n) is 14.5. The lowest BCUT2D eigenvalue weighted by Gasteiger charge is -2.15. The molecule has 1 aliphatic rings. The molecule has 0 bridgehead atoms. The number of carbonyl (C=O) groups excluding carboxylic acids is 1. The molecular weight excluding hydrogens is 397 g/mol. The molecule has 0 unspecified atom stereocenters. The number of rotatable bonds is 6. The van der Waals surface area contributed by atoms with E-state index in [0.29, 0.717) is 4.34 Å². The van der Waals surface area contributed by atoms with E-state index in [1.54, 1.807) is 6.92 Å². The number of aromatic nitrogens is 2. The van der Waals surface area contributed by atoms with E-state index in [0.717, 1.165) is 43.1 Å². The van der Waals surface area contributed by atoms with Crippen molar-refractivity contribution in [2.24, 2.45) is 0 Å². The number of hydrogen-bond donors (Lipinski definition) is 2. The van der Waals surface area contributed by atoms with Gasteiger partial charge in [0, 0.05) is 6.04 Å². The molecule has 1 fully saturated rings. The summed E-state index contributed by atoms with van der Waals surface area (Å²) in [7, 11) is 0. The van der Waals surface area contributed by atoms with Crippen molar-refractivity contribution in [2.75, 3.05) is 5.32 Å². The van der Waals surface area contributed by atoms with Gasteiger partial charge in [-0.15, -0.1) is 10.2 Å². The average Bonchev–Trinajstić information content (AvgIpc) is 3.26. The number of halogens is 3. The van der Waals surface area contributed by atoms with Crippen LogP contribution in [0.5, 0.6) is 0 Å². The molecular formula is C17H19F3N4OS2. The van der Waals surface area contributed by atoms with Crippen molar-refractivity contribution in [2.45, 2.75) is 54.4 Å². The summed E-state index contributed by atoms with van der Waals surface area (Å²) in [5, 5.41) is 13.4. The smallest absolute Gasteiger partial charge is 0.352 e. The standard InChI is InChI=1S/C17H19F3N4OS2/c1-10(14(25)21-11-6-2-3-7-11)26-16-24-23-15(27-16)22-13-9-5-4-8-12(13)17(18,19)20/h4-5,8-11H,2-3,6-7H2,1H3,(H,21,25)(H,22,23)/t10-/m1/s1. The molecule has 1 heterocycles. The Morgan fingerprint density at radius 3 is 2.67 bits per heavy atom. The summed E-state index contributed by atoms with van der Waals surface area (Å²) in [6, 6.07) is 5.44. The summed E-state index contributed by atoms with van der Waals surface area (Å²) in [6.07, 6.45) is -0.170. The first-order chi connectivity index (χ1) is 12.8. The second-order valence-corrected chi connectivity index (χ2v) is 8.86. The molecule has 1 aromatic carbocycles. The van der Waals surface area contributed by atoms with Crippen LogP contribution >= 0.6 is 23.1 Å². The summed E-state index contributed by atoms with van der Waals surface area (Å²) in [5.74, 6) is -0.0565. The van der Waals surface area contributed by atoms with Gasteiger partial charge in [-0.2, -0.15) is 13.2 Å². The van der Waals surface area contributed by atoms with Gasteiger partial charge >= 0.3 is 6.18 Å². The molecule has 0 saturated heterocycles. The number of thioether (sulfide) groups is 1. The van der Waals surface area contributed by atoms with Crippen LogP contribution in [-0.2, 0) is 11.0 Å². The fourth-order valence-corrected chi connectivity index (χ4v) is 4.77. The monoisotopic (exact) mass is 416 g/mol. The molecule has 5 nitrogen and oxygen atoms in total. The van der Waals surface area contributed by atoms with E-state index >= 15 is 0 Å². The average molecular weight is 416 g/mol. The topological polar surface area (TPSA) is 66.9 Å². The minimum absolute atomic E-state index is 0.0565. The number of amides is 1. The fourth-order valence-electron chi connectivity index (χ4n) is 2.86. The summed E-state index contributed by atoms with van der Waals surface area (Å²) in [4.78, 5) is 12.2. The number of nitrogens with one attached hydrogen (secondary N) is 2. The molecule has 0 spiro atoms. The highest BCUT2D eigenvalue weighted by atomic mass is 32.2. The minimum Gasteiger partial charge on any atom is -0.352 e. The van der Waals surface area contributed by atoms with Gasteiger partial charge in [0.05, 0.1) is 16.5 Å². The van der Waals surface area contributed by atoms with Gasteiger partial charge in [-0.25, -0.2) is 0 Å². The Hall–Kier alpha value is -1.81. The molecule has 1 aromatic heterocycles. The van der Waals surface area contributed by atoms with Crippen LogP contribution in [0.25, 0.3) is 0 Å². The first-order valence-corrected chi connectivity index (χ1v) is 10.3. The quantitative estimate of drug-likeness (QED) is 0.660. The van der Waals surface area contributed by atoms with Crippen LogP contribution in [0.15, 0.2) is 28.6 Å². The number of para-hydroxylation sites is 1. The van der Waals surface area contributed by atoms with Crippen molar-refractivity contribution in [3.8, 4) is 0 Å². The van der Waals surface area contributed by atoms with Crippen LogP contribution in [0.4, 0.5) is 24.0 Å². The number of nitrogens with zero attached hydrogens (tertiary/aromatic N) is 2. The summed E-state index contributed by atoms with van der Waals surface area (Å²) in [5.41, 5.74) is -0.844. The minimum atomic E-state index is -4.46. The number of alkyl halides is 3. The largest absolute Gasteiger partial charge is 0.418 e. The Balaban J connectivity index is 1.61. The SMILES string of the molecule is C[C@@H](Sc1nnc(Nc2ccccc2C(F)(F)F)s1)C(=O)NC1CCCC1. The van der Waals surface area contributed by atoms with E-state index in [1.165, 1.54) is 30.0 Å². The van der Waals surface area contributed by atoms with Gasteiger partial charge in [0.15, 0.2) is 4.34 Å². The van der Waals surface area contributed by atoms with Gasteiger partial charge in [0.25, 0.3) is 0 Å². The highest BCUT2D eigenvalue weighted by Gasteiger charge is 2.33. The number of benzene rings is 1. The molecule has 3 rings (SSSR count). The first kappa shape index (κ1) is 19.9. The molecule has 146 valence electrons. The summed E-state index contributed by atoms with van der Waals surface area (Å²) in [6.45, 7) is 1.78. The summed E-state index contributed by atoms with van der Waals surface area (Å²) < 4.78 is 39.7. The molecule has 1 atom stereocenters. The molecule has 27 heavy (non-hydrogen) atoms. The molecule has 2 aromatic rings. The maximum absolute atomic E-state index is 13.1. The second-order valence-electron chi connectivity index (χ2n) is 6.29. The Labute approximate surface area is 163 Å². The van der Waals surface area contributed by atoms with E-state index in [1.807, 2.05) is 0 Å². The Kier molecular flexibility index (Phi) is 6.25. The molecule has 1 aliphatic carbocycles. The Bertz CT molecular complexity index is 790. The van der Waals surface area contributed by atoms with Gasteiger partial charge < -0.3 is 10.6 Å². The highest BCUT2D eigenvalue weighted by molar-refractivity contribution is 8.02. The van der Waals surface area contributed by atoms with Gasteiger partial charge in [-0.3, -0.25) is 4.79 Å². The molecule has 0 radical (unpaired) electrons. The van der Waals surface area contributed by atoms with Gasteiger partial charge in [0.2, 0.25) is 11.0 Å². The lowest BCUT2D eigenvalue weighted by atomic mass is 10.2. The van der Waals surface area contributed by atoms with Crippen LogP contribution in [0.1, 0.15) is 38.2 Å². The van der Waals surface area contributed by atoms with Gasteiger partial charge in [-0.1, -0.05) is 48.1 Å². The Morgan fingerprint density at radius 2 is 1.96 bits per heavy atom. The number of hydrogen-bond acceptors (Lipinski definition) is 6. The predicted octanol–water partition coefficient (Wildman–Crippen LogP) is 4.84. The highest BCUT2D eigenvalue weighted by Crippen LogP contribution is 2.37. The van der Waals surface area contributed by atoms with E-state index in [-0.39, 0.29) is 28.0 Å². The zero-order chi connectivity index (χ0) is 19.4. The molecule has 1 amide bonds. The maximum Gasteiger partial charge on any atom is 0.418 e. The lowest BCUT2D eigenvalue weighted by Crippen LogP contribution is -2.37. The zero-order valence-corrected chi connectivity index (χ0v) is 16.2. The van der Waals surface area contributed by atoms with Crippen LogP contribution in [0, 0.1) is 0 Å². The van der Waals surface area contributed by atoms with Crippen LogP contribution in [0.3, 0.4) is 0 Å². The van der Waals surface area contributed by atoms with E-state index in [4.69, 9.17) is 0 Å². The summed E-state index contributed by atoms with van der Waals surface area (Å²) >= 11 is 2.36. The molecule has 1 saturated carbocycles. The van der Waals surface area contributed by atoms with Gasteiger partial charge in [-0.05, 0) is 31.9 Å². The van der Waals surface area contributed by atoms with E-state index in [9.17, 15) is 18.0 Å². The van der Waals surface area contributed by atoms with Crippen LogP contribution < -0.4 is 10.6 Å². The van der Waals surface area contributed by atoms with Crippen molar-refractivity contribution in [1.29, 1.82) is 0 Å². The van der Waals surface area contributed by atoms with Gasteiger partial charge in [0.1, 0.15) is 0 Å². The van der Waals surface area contributed by atoms with Crippen molar-refractivity contribution >= 4 is 39.8 Å².